The molecular weight excluding hydrogens is 650 g/mol. The number of hydrogen-bond acceptors (Lipinski definition) is 5. The van der Waals surface area contributed by atoms with Crippen LogP contribution in [0.5, 0.6) is 5.75 Å². The molecule has 0 radical (unpaired) electrons. The van der Waals surface area contributed by atoms with Gasteiger partial charge in [-0.2, -0.15) is 0 Å². The van der Waals surface area contributed by atoms with Crippen molar-refractivity contribution >= 4 is 40.1 Å². The van der Waals surface area contributed by atoms with Crippen molar-refractivity contribution in [2.24, 2.45) is 0 Å². The number of rotatable bonds is 13. The van der Waals surface area contributed by atoms with Crippen LogP contribution in [0.4, 0.5) is 5.69 Å². The number of carbonyl (C=O) groups is 2. The molecule has 0 aliphatic rings. The third kappa shape index (κ3) is 7.77. The van der Waals surface area contributed by atoms with Crippen LogP contribution >= 0.6 is 11.6 Å². The standard InChI is InChI=1S/C41H36ClN3O5/c1-2-3-18-37-43-36-24-21-31(44(26-28-12-6-4-7-13-28)39(46)30-14-8-5-9-15-30)25-34(36)40(47)45(37)27-29-19-22-32(23-20-29)50-38(41(48)49)33-16-10-11-17-35(33)42/h4-17,19-25,38H,2-3,18,26-27H2,1H3,(H,48,49). The zero-order valence-corrected chi connectivity index (χ0v) is 28.3. The summed E-state index contributed by atoms with van der Waals surface area (Å²) in [5.41, 5.74) is 3.61. The van der Waals surface area contributed by atoms with Crippen molar-refractivity contribution in [3.8, 4) is 5.75 Å². The Morgan fingerprint density at radius 2 is 1.54 bits per heavy atom. The van der Waals surface area contributed by atoms with Gasteiger partial charge in [-0.05, 0) is 66.1 Å². The van der Waals surface area contributed by atoms with Gasteiger partial charge in [0.05, 0.1) is 24.0 Å². The van der Waals surface area contributed by atoms with E-state index in [9.17, 15) is 19.5 Å². The summed E-state index contributed by atoms with van der Waals surface area (Å²) in [6.07, 6.45) is 1.13. The summed E-state index contributed by atoms with van der Waals surface area (Å²) < 4.78 is 7.52. The SMILES string of the molecule is CCCCc1nc2ccc(N(Cc3ccccc3)C(=O)c3ccccc3)cc2c(=O)n1Cc1ccc(OC(C(=O)O)c2ccccc2Cl)cc1. The Morgan fingerprint density at radius 3 is 2.22 bits per heavy atom. The number of amides is 1. The van der Waals surface area contributed by atoms with Gasteiger partial charge in [0.1, 0.15) is 11.6 Å². The molecule has 0 spiro atoms. The van der Waals surface area contributed by atoms with E-state index < -0.39 is 12.1 Å². The lowest BCUT2D eigenvalue weighted by molar-refractivity contribution is -0.145. The van der Waals surface area contributed by atoms with Gasteiger partial charge >= 0.3 is 5.97 Å². The number of aliphatic carboxylic acids is 1. The Labute approximate surface area is 295 Å². The fraction of sp³-hybridized carbons (Fsp3) is 0.171. The summed E-state index contributed by atoms with van der Waals surface area (Å²) in [6, 6.07) is 37.9. The Bertz CT molecular complexity index is 2170. The number of fused-ring (bicyclic) bond motifs is 1. The number of anilines is 1. The average molecular weight is 686 g/mol. The molecule has 9 heteroatoms. The van der Waals surface area contributed by atoms with Crippen molar-refractivity contribution in [3.05, 3.63) is 171 Å². The number of aromatic nitrogens is 2. The molecule has 0 saturated carbocycles. The van der Waals surface area contributed by atoms with Gasteiger partial charge in [0.2, 0.25) is 6.10 Å². The third-order valence-electron chi connectivity index (χ3n) is 8.46. The van der Waals surface area contributed by atoms with E-state index in [1.807, 2.05) is 60.7 Å². The molecule has 0 saturated heterocycles. The van der Waals surface area contributed by atoms with E-state index >= 15 is 0 Å². The molecule has 6 rings (SSSR count). The molecule has 0 fully saturated rings. The Balaban J connectivity index is 1.34. The first kappa shape index (κ1) is 34.1. The molecule has 1 amide bonds. The normalized spacial score (nSPS) is 11.6. The van der Waals surface area contributed by atoms with Crippen LogP contribution in [0.3, 0.4) is 0 Å². The van der Waals surface area contributed by atoms with Crippen molar-refractivity contribution in [2.75, 3.05) is 4.90 Å². The van der Waals surface area contributed by atoms with Gasteiger partial charge in [0, 0.05) is 28.3 Å². The van der Waals surface area contributed by atoms with Crippen molar-refractivity contribution in [2.45, 2.75) is 45.4 Å². The third-order valence-corrected chi connectivity index (χ3v) is 8.81. The molecule has 8 nitrogen and oxygen atoms in total. The quantitative estimate of drug-likeness (QED) is 0.131. The highest BCUT2D eigenvalue weighted by Gasteiger charge is 2.25. The first-order chi connectivity index (χ1) is 24.3. The number of aryl methyl sites for hydroxylation is 1. The summed E-state index contributed by atoms with van der Waals surface area (Å²) in [5.74, 6) is -0.321. The van der Waals surface area contributed by atoms with E-state index in [-0.39, 0.29) is 18.0 Å². The average Bonchev–Trinajstić information content (AvgIpc) is 3.14. The molecule has 252 valence electrons. The smallest absolute Gasteiger partial charge is 0.349 e. The minimum absolute atomic E-state index is 0.177. The van der Waals surface area contributed by atoms with E-state index in [4.69, 9.17) is 21.3 Å². The first-order valence-corrected chi connectivity index (χ1v) is 16.9. The van der Waals surface area contributed by atoms with E-state index in [0.717, 1.165) is 24.0 Å². The number of carboxylic acids is 1. The number of ether oxygens (including phenoxy) is 1. The molecule has 1 heterocycles. The highest BCUT2D eigenvalue weighted by Crippen LogP contribution is 2.29. The maximum Gasteiger partial charge on any atom is 0.349 e. The highest BCUT2D eigenvalue weighted by atomic mass is 35.5. The minimum Gasteiger partial charge on any atom is -0.478 e. The van der Waals surface area contributed by atoms with Crippen molar-refractivity contribution in [1.82, 2.24) is 9.55 Å². The Morgan fingerprint density at radius 1 is 0.860 bits per heavy atom. The number of hydrogen-bond donors (Lipinski definition) is 1. The van der Waals surface area contributed by atoms with Crippen LogP contribution in [0.25, 0.3) is 10.9 Å². The summed E-state index contributed by atoms with van der Waals surface area (Å²) >= 11 is 6.26. The van der Waals surface area contributed by atoms with Crippen LogP contribution in [0.1, 0.15) is 58.7 Å². The minimum atomic E-state index is -1.29. The number of carboxylic acid groups (broad SMARTS) is 1. The molecule has 5 aromatic carbocycles. The fourth-order valence-electron chi connectivity index (χ4n) is 5.82. The predicted molar refractivity (Wildman–Crippen MR) is 196 cm³/mol. The molecule has 1 N–H and O–H groups in total. The summed E-state index contributed by atoms with van der Waals surface area (Å²) in [4.78, 5) is 46.8. The number of benzene rings is 5. The van der Waals surface area contributed by atoms with Crippen LogP contribution in [-0.2, 0) is 24.3 Å². The predicted octanol–water partition coefficient (Wildman–Crippen LogP) is 8.49. The van der Waals surface area contributed by atoms with Gasteiger partial charge in [-0.3, -0.25) is 14.2 Å². The van der Waals surface area contributed by atoms with Crippen LogP contribution in [0.15, 0.2) is 132 Å². The van der Waals surface area contributed by atoms with Gasteiger partial charge in [-0.1, -0.05) is 104 Å². The van der Waals surface area contributed by atoms with E-state index in [1.165, 1.54) is 0 Å². The van der Waals surface area contributed by atoms with Crippen LogP contribution in [0.2, 0.25) is 5.02 Å². The molecule has 1 atom stereocenters. The molecule has 0 aliphatic heterocycles. The summed E-state index contributed by atoms with van der Waals surface area (Å²) in [6.45, 7) is 2.66. The number of halogens is 1. The van der Waals surface area contributed by atoms with Gasteiger partial charge in [0.15, 0.2) is 0 Å². The lowest BCUT2D eigenvalue weighted by Gasteiger charge is -2.24. The van der Waals surface area contributed by atoms with E-state index in [0.29, 0.717) is 57.3 Å². The van der Waals surface area contributed by atoms with Crippen molar-refractivity contribution in [1.29, 1.82) is 0 Å². The number of nitrogens with zero attached hydrogens (tertiary/aromatic N) is 3. The maximum absolute atomic E-state index is 14.3. The maximum atomic E-state index is 14.3. The lowest BCUT2D eigenvalue weighted by Crippen LogP contribution is -2.31. The molecule has 50 heavy (non-hydrogen) atoms. The zero-order valence-electron chi connectivity index (χ0n) is 27.5. The molecule has 1 unspecified atom stereocenters. The topological polar surface area (TPSA) is 102 Å². The zero-order chi connectivity index (χ0) is 35.0. The fourth-order valence-corrected chi connectivity index (χ4v) is 6.06. The monoisotopic (exact) mass is 685 g/mol. The lowest BCUT2D eigenvalue weighted by atomic mass is 10.1. The van der Waals surface area contributed by atoms with Crippen LogP contribution < -0.4 is 15.2 Å². The number of carbonyl (C=O) groups excluding carboxylic acids is 1. The molecule has 0 bridgehead atoms. The van der Waals surface area contributed by atoms with Gasteiger partial charge in [0.25, 0.3) is 11.5 Å². The largest absolute Gasteiger partial charge is 0.478 e. The highest BCUT2D eigenvalue weighted by molar-refractivity contribution is 6.31. The van der Waals surface area contributed by atoms with Crippen molar-refractivity contribution < 1.29 is 19.4 Å². The van der Waals surface area contributed by atoms with Crippen LogP contribution in [0, 0.1) is 0 Å². The Kier molecular flexibility index (Phi) is 10.7. The summed E-state index contributed by atoms with van der Waals surface area (Å²) in [7, 11) is 0. The van der Waals surface area contributed by atoms with Gasteiger partial charge in [-0.15, -0.1) is 0 Å². The summed E-state index contributed by atoms with van der Waals surface area (Å²) in [5, 5.41) is 10.6. The second-order valence-corrected chi connectivity index (χ2v) is 12.4. The first-order valence-electron chi connectivity index (χ1n) is 16.5. The number of unbranched alkanes of at least 4 members (excludes halogenated alkanes) is 1. The second-order valence-electron chi connectivity index (χ2n) is 12.0. The Hall–Kier alpha value is -5.73. The van der Waals surface area contributed by atoms with Crippen LogP contribution in [-0.4, -0.2) is 26.5 Å². The van der Waals surface area contributed by atoms with Crippen molar-refractivity contribution in [3.63, 3.8) is 0 Å². The molecule has 1 aromatic heterocycles. The second kappa shape index (κ2) is 15.7. The van der Waals surface area contributed by atoms with Gasteiger partial charge < -0.3 is 14.7 Å². The molecular formula is C41H36ClN3O5. The molecule has 6 aromatic rings. The molecule has 0 aliphatic carbocycles. The van der Waals surface area contributed by atoms with Gasteiger partial charge in [-0.25, -0.2) is 9.78 Å². The van der Waals surface area contributed by atoms with E-state index in [1.54, 1.807) is 76.2 Å². The van der Waals surface area contributed by atoms with E-state index in [2.05, 4.69) is 6.92 Å².